The predicted octanol–water partition coefficient (Wildman–Crippen LogP) is -4.51. The average Bonchev–Trinajstić information content (AvgIpc) is 1.61. The number of hydrogen-bond donors (Lipinski definition) is 3. The van der Waals surface area contributed by atoms with E-state index in [1.165, 1.54) is 0 Å². The topological polar surface area (TPSA) is 65.7 Å². The standard InChI is InChI=1S/C3H9N3S.BrH.ClH/c4-1-2-6-3(5)7;;/h1-2,4H2,(H3,5,6,7);2*1H. The van der Waals surface area contributed by atoms with Crippen LogP contribution >= 0.6 is 24.6 Å². The van der Waals surface area contributed by atoms with Gasteiger partial charge in [0.1, 0.15) is 0 Å². The highest BCUT2D eigenvalue weighted by Crippen LogP contribution is 1.50. The highest BCUT2D eigenvalue weighted by Gasteiger charge is 1.83. The van der Waals surface area contributed by atoms with Gasteiger partial charge in [-0.15, -0.1) is 12.4 Å². The number of thiocarbonyl (C=S) groups is 1. The van der Waals surface area contributed by atoms with E-state index in [0.717, 1.165) is 6.54 Å². The highest BCUT2D eigenvalue weighted by molar-refractivity contribution is 7.79. The molecule has 0 aromatic heterocycles. The van der Waals surface area contributed by atoms with Gasteiger partial charge in [-0.1, -0.05) is 0 Å². The molecule has 0 aliphatic carbocycles. The second-order valence-electron chi connectivity index (χ2n) is 1.14. The van der Waals surface area contributed by atoms with Crippen LogP contribution in [-0.4, -0.2) is 18.2 Å². The Morgan fingerprint density at radius 1 is 1.67 bits per heavy atom. The van der Waals surface area contributed by atoms with Crippen LogP contribution < -0.4 is 33.8 Å². The second-order valence-corrected chi connectivity index (χ2v) is 1.63. The second kappa shape index (κ2) is 11.4. The van der Waals surface area contributed by atoms with Gasteiger partial charge in [-0.3, -0.25) is 0 Å². The van der Waals surface area contributed by atoms with E-state index in [9.17, 15) is 0 Å². The molecule has 0 amide bonds. The number of nitrogens with two attached hydrogens (primary N) is 1. The maximum Gasteiger partial charge on any atom is 0.264 e. The maximum absolute atomic E-state index is 5.13. The van der Waals surface area contributed by atoms with Crippen LogP contribution in [0, 0.1) is 0 Å². The van der Waals surface area contributed by atoms with Crippen molar-refractivity contribution in [1.82, 2.24) is 5.32 Å². The monoisotopic (exact) mass is 235 g/mol. The largest absolute Gasteiger partial charge is 1.00 e. The van der Waals surface area contributed by atoms with Crippen LogP contribution in [0.4, 0.5) is 0 Å². The zero-order chi connectivity index (χ0) is 5.70. The first-order valence-electron chi connectivity index (χ1n) is 2.07. The van der Waals surface area contributed by atoms with E-state index < -0.39 is 0 Å². The molecule has 0 atom stereocenters. The SMILES string of the molecule is Cl.NCCNC([NH3+])=S.[Br-]. The number of nitrogens with one attached hydrogen (secondary N) is 1. The van der Waals surface area contributed by atoms with Crippen molar-refractivity contribution >= 4 is 29.7 Å². The molecule has 0 aromatic rings. The molecule has 0 aliphatic heterocycles. The van der Waals surface area contributed by atoms with Crippen molar-refractivity contribution in [1.29, 1.82) is 0 Å². The lowest BCUT2D eigenvalue weighted by molar-refractivity contribution is -0.215. The lowest BCUT2D eigenvalue weighted by atomic mass is 10.7. The minimum absolute atomic E-state index is 0. The molecule has 0 bridgehead atoms. The summed E-state index contributed by atoms with van der Waals surface area (Å²) in [6, 6.07) is 0. The van der Waals surface area contributed by atoms with Crippen LogP contribution in [0.15, 0.2) is 0 Å². The zero-order valence-electron chi connectivity index (χ0n) is 4.89. The molecule has 58 valence electrons. The molecule has 0 aromatic carbocycles. The number of quaternary nitrogens is 1. The molecule has 0 unspecified atom stereocenters. The fraction of sp³-hybridized carbons (Fsp3) is 0.667. The van der Waals surface area contributed by atoms with Gasteiger partial charge in [-0.25, -0.2) is 0 Å². The summed E-state index contributed by atoms with van der Waals surface area (Å²) in [5.41, 5.74) is 8.57. The molecule has 0 heterocycles. The summed E-state index contributed by atoms with van der Waals surface area (Å²) in [6.07, 6.45) is 0. The molecule has 0 aliphatic rings. The van der Waals surface area contributed by atoms with Gasteiger partial charge in [0.25, 0.3) is 5.11 Å². The summed E-state index contributed by atoms with van der Waals surface area (Å²) in [7, 11) is 0. The van der Waals surface area contributed by atoms with Crippen molar-refractivity contribution in [3.8, 4) is 0 Å². The van der Waals surface area contributed by atoms with Gasteiger partial charge in [0.05, 0.1) is 0 Å². The van der Waals surface area contributed by atoms with Gasteiger partial charge in [0.15, 0.2) is 0 Å². The number of rotatable bonds is 2. The minimum atomic E-state index is 0. The Morgan fingerprint density at radius 3 is 2.22 bits per heavy atom. The summed E-state index contributed by atoms with van der Waals surface area (Å²) < 4.78 is 0. The molecule has 6 heteroatoms. The Balaban J connectivity index is -0.000000180. The van der Waals surface area contributed by atoms with E-state index >= 15 is 0 Å². The molecule has 0 spiro atoms. The van der Waals surface area contributed by atoms with Crippen molar-refractivity contribution in [3.63, 3.8) is 0 Å². The average molecular weight is 237 g/mol. The van der Waals surface area contributed by atoms with Gasteiger partial charge in [0.2, 0.25) is 0 Å². The van der Waals surface area contributed by atoms with Crippen LogP contribution in [0.5, 0.6) is 0 Å². The summed E-state index contributed by atoms with van der Waals surface area (Å²) in [5, 5.41) is 3.35. The fourth-order valence-electron chi connectivity index (χ4n) is 0.212. The molecule has 0 saturated heterocycles. The van der Waals surface area contributed by atoms with Gasteiger partial charge >= 0.3 is 0 Å². The van der Waals surface area contributed by atoms with Crippen molar-refractivity contribution in [2.24, 2.45) is 5.73 Å². The molecule has 6 N–H and O–H groups in total. The number of hydrogen-bond acceptors (Lipinski definition) is 2. The first-order valence-corrected chi connectivity index (χ1v) is 2.48. The Bertz CT molecular complexity index is 72.1. The molecule has 3 nitrogen and oxygen atoms in total. The lowest BCUT2D eigenvalue weighted by Gasteiger charge is -1.93. The number of halogens is 2. The molecule has 0 rings (SSSR count). The van der Waals surface area contributed by atoms with Crippen LogP contribution in [0.25, 0.3) is 0 Å². The van der Waals surface area contributed by atoms with Crippen LogP contribution in [0.1, 0.15) is 0 Å². The first kappa shape index (κ1) is 16.3. The molecule has 0 fully saturated rings. The highest BCUT2D eigenvalue weighted by atomic mass is 79.9. The third-order valence-electron chi connectivity index (χ3n) is 0.467. The third kappa shape index (κ3) is 17.7. The Morgan fingerprint density at radius 2 is 2.11 bits per heavy atom. The van der Waals surface area contributed by atoms with Crippen LogP contribution in [-0.2, 0) is 0 Å². The molecular weight excluding hydrogens is 225 g/mol. The van der Waals surface area contributed by atoms with E-state index in [2.05, 4.69) is 23.3 Å². The predicted molar refractivity (Wildman–Crippen MR) is 39.8 cm³/mol. The van der Waals surface area contributed by atoms with Crippen molar-refractivity contribution in [2.45, 2.75) is 0 Å². The van der Waals surface area contributed by atoms with Crippen LogP contribution in [0.3, 0.4) is 0 Å². The summed E-state index contributed by atoms with van der Waals surface area (Å²) in [4.78, 5) is 0. The van der Waals surface area contributed by atoms with Crippen molar-refractivity contribution < 1.29 is 22.7 Å². The molecule has 9 heavy (non-hydrogen) atoms. The van der Waals surface area contributed by atoms with Crippen LogP contribution in [0.2, 0.25) is 0 Å². The van der Waals surface area contributed by atoms with E-state index in [1.54, 1.807) is 0 Å². The van der Waals surface area contributed by atoms with Gasteiger partial charge < -0.3 is 33.8 Å². The van der Waals surface area contributed by atoms with E-state index in [4.69, 9.17) is 5.73 Å². The molecule has 0 radical (unpaired) electrons. The first-order chi connectivity index (χ1) is 3.27. The third-order valence-corrected chi connectivity index (χ3v) is 0.611. The lowest BCUT2D eigenvalue weighted by Crippen LogP contribution is -3.00. The summed E-state index contributed by atoms with van der Waals surface area (Å²) in [6.45, 7) is 1.33. The van der Waals surface area contributed by atoms with Gasteiger partial charge in [-0.05, 0) is 0 Å². The van der Waals surface area contributed by atoms with Gasteiger partial charge in [0, 0.05) is 25.3 Å². The summed E-state index contributed by atoms with van der Waals surface area (Å²) >= 11 is 4.58. The van der Waals surface area contributed by atoms with E-state index in [0.29, 0.717) is 11.7 Å². The summed E-state index contributed by atoms with van der Waals surface area (Å²) in [5.74, 6) is 0. The Labute approximate surface area is 76.7 Å². The van der Waals surface area contributed by atoms with Crippen molar-refractivity contribution in [3.05, 3.63) is 0 Å². The van der Waals surface area contributed by atoms with Crippen molar-refractivity contribution in [2.75, 3.05) is 13.1 Å². The normalized spacial score (nSPS) is 6.44. The molecular formula is C3H11BrClN3S. The quantitative estimate of drug-likeness (QED) is 0.424. The van der Waals surface area contributed by atoms with E-state index in [1.807, 2.05) is 0 Å². The Kier molecular flexibility index (Phi) is 20.6. The zero-order valence-corrected chi connectivity index (χ0v) is 8.11. The maximum atomic E-state index is 5.13. The smallest absolute Gasteiger partial charge is 0.264 e. The fourth-order valence-corrected chi connectivity index (χ4v) is 0.314. The molecule has 0 saturated carbocycles. The minimum Gasteiger partial charge on any atom is -1.00 e. The van der Waals surface area contributed by atoms with E-state index in [-0.39, 0.29) is 29.4 Å². The Hall–Kier alpha value is 0.580. The van der Waals surface area contributed by atoms with Gasteiger partial charge in [-0.2, -0.15) is 0 Å².